The van der Waals surface area contributed by atoms with Gasteiger partial charge in [-0.3, -0.25) is 0 Å². The van der Waals surface area contributed by atoms with Gasteiger partial charge < -0.3 is 0 Å². The van der Waals surface area contributed by atoms with E-state index in [0.29, 0.717) is 4.44 Å². The summed E-state index contributed by atoms with van der Waals surface area (Å²) in [6, 6.07) is 0. The average Bonchev–Trinajstić information content (AvgIpc) is 3.14. The molecular formula is C13H17FeN. The molecule has 0 aromatic carbocycles. The van der Waals surface area contributed by atoms with Gasteiger partial charge in [0, 0.05) is 0 Å². The molecule has 2 N–H and O–H groups in total. The third-order valence-electron chi connectivity index (χ3n) is 17.8. The van der Waals surface area contributed by atoms with Gasteiger partial charge in [-0.15, -0.1) is 0 Å². The molecule has 0 aromatic rings. The first-order chi connectivity index (χ1) is 6.72. The van der Waals surface area contributed by atoms with Crippen LogP contribution >= 0.6 is 0 Å². The Hall–Kier alpha value is 0.479. The Labute approximate surface area is 79.4 Å². The first-order valence-corrected chi connectivity index (χ1v) is 12.7. The molecule has 0 amide bonds. The van der Waals surface area contributed by atoms with E-state index in [1.165, 1.54) is 28.9 Å². The van der Waals surface area contributed by atoms with Crippen LogP contribution in [0.5, 0.6) is 0 Å². The van der Waals surface area contributed by atoms with Gasteiger partial charge in [0.15, 0.2) is 0 Å². The molecule has 10 heterocycles. The molecular weight excluding hydrogens is 226 g/mol. The van der Waals surface area contributed by atoms with E-state index in [-0.39, 0.29) is 0 Å². The van der Waals surface area contributed by atoms with E-state index >= 15 is 0 Å². The van der Waals surface area contributed by atoms with Crippen molar-refractivity contribution in [2.45, 2.75) is 67.0 Å². The monoisotopic (exact) mass is 243 g/mol. The summed E-state index contributed by atoms with van der Waals surface area (Å²) in [5.41, 5.74) is 7.16. The van der Waals surface area contributed by atoms with Gasteiger partial charge in [-0.1, -0.05) is 0 Å². The number of rotatable bonds is 0. The van der Waals surface area contributed by atoms with Crippen LogP contribution in [0.4, 0.5) is 0 Å². The van der Waals surface area contributed by atoms with E-state index < -0.39 is 6.51 Å². The van der Waals surface area contributed by atoms with E-state index in [9.17, 15) is 0 Å². The second kappa shape index (κ2) is 0.344. The number of hydrogen-bond acceptors (Lipinski definition) is 1. The Morgan fingerprint density at radius 3 is 1.33 bits per heavy atom. The van der Waals surface area contributed by atoms with Gasteiger partial charge in [0.1, 0.15) is 0 Å². The molecule has 5 unspecified atom stereocenters. The summed E-state index contributed by atoms with van der Waals surface area (Å²) in [7, 11) is 0. The topological polar surface area (TPSA) is 26.0 Å². The Kier molecular flexibility index (Phi) is 0.124. The van der Waals surface area contributed by atoms with Crippen LogP contribution in [0, 0.1) is 0 Å². The van der Waals surface area contributed by atoms with E-state index in [0.717, 1.165) is 12.9 Å². The molecule has 82 valence electrons. The van der Waals surface area contributed by atoms with Crippen LogP contribution in [0.3, 0.4) is 0 Å². The van der Waals surface area contributed by atoms with Gasteiger partial charge in [-0.05, 0) is 0 Å². The maximum absolute atomic E-state index is 7.16. The molecule has 10 aliphatic rings. The first-order valence-electron chi connectivity index (χ1n) is 6.71. The molecule has 10 saturated heterocycles. The van der Waals surface area contributed by atoms with Gasteiger partial charge in [-0.25, -0.2) is 0 Å². The first kappa shape index (κ1) is 5.42. The Bertz CT molecular complexity index is 937. The number of fused-ring (bicyclic) bond motifs is 10. The van der Waals surface area contributed by atoms with Crippen molar-refractivity contribution < 1.29 is 6.51 Å². The summed E-state index contributed by atoms with van der Waals surface area (Å²) in [6.07, 6.45) is 0. The van der Waals surface area contributed by atoms with Crippen LogP contribution in [0.2, 0.25) is 41.8 Å². The molecule has 0 aliphatic carbocycles. The van der Waals surface area contributed by atoms with Crippen molar-refractivity contribution in [1.82, 2.24) is 0 Å². The molecule has 0 bridgehead atoms. The van der Waals surface area contributed by atoms with Crippen LogP contribution in [0.1, 0.15) is 20.8 Å². The van der Waals surface area contributed by atoms with Crippen molar-refractivity contribution in [1.29, 1.82) is 0 Å². The maximum atomic E-state index is 7.16. The number of hydrogen-bond donors (Lipinski definition) is 1. The second-order valence-electron chi connectivity index (χ2n) is 11.0. The predicted molar refractivity (Wildman–Crippen MR) is 54.5 cm³/mol. The quantitative estimate of drug-likeness (QED) is 0.648. The molecule has 10 rings (SSSR count). The van der Waals surface area contributed by atoms with Gasteiger partial charge in [0.2, 0.25) is 0 Å². The molecule has 0 aromatic heterocycles. The summed E-state index contributed by atoms with van der Waals surface area (Å²) in [6.45, 7) is 5.05. The fraction of sp³-hybridized carbons (Fsp3) is 1.00. The molecule has 10 aliphatic heterocycles. The molecule has 1 nitrogen and oxygen atoms in total. The Balaban J connectivity index is 2.06. The fourth-order valence-electron chi connectivity index (χ4n) is 20.7. The number of nitrogens with two attached hydrogens (primary N) is 1. The SMILES string of the molecule is C[C]12[CH]3[C]4(N)[C]5(C)[C]1(C)[Fe]32451678[CH]2[CH]1[CH]6[CH]7[CH]28. The summed E-state index contributed by atoms with van der Waals surface area (Å²) in [5, 5.41) is 0. The van der Waals surface area contributed by atoms with E-state index in [4.69, 9.17) is 5.73 Å². The standard InChI is InChI=1S/C8H12N.C5H5.Fe/c1-5-4-8(9)7(3)6(5)2;1-2-4-5-3-1;/h4H,9H2,1-3H3;1-5H;. The zero-order chi connectivity index (χ0) is 9.78. The van der Waals surface area contributed by atoms with Crippen molar-refractivity contribution in [3.8, 4) is 0 Å². The summed E-state index contributed by atoms with van der Waals surface area (Å²) < 4.78 is 3.20. The normalized spacial score (nSPS) is 149. The fourth-order valence-corrected chi connectivity index (χ4v) is 103. The third kappa shape index (κ3) is 0.0345. The predicted octanol–water partition coefficient (Wildman–Crippen LogP) is 3.41. The van der Waals surface area contributed by atoms with Gasteiger partial charge in [0.25, 0.3) is 0 Å². The molecule has 0 radical (unpaired) electrons. The zero-order valence-corrected chi connectivity index (χ0v) is 10.5. The van der Waals surface area contributed by atoms with Gasteiger partial charge >= 0.3 is 79.3 Å². The van der Waals surface area contributed by atoms with Gasteiger partial charge in [-0.2, -0.15) is 0 Å². The van der Waals surface area contributed by atoms with Crippen LogP contribution in [-0.4, -0.2) is 4.44 Å². The molecule has 0 saturated carbocycles. The third-order valence-corrected chi connectivity index (χ3v) is 65.4. The molecule has 15 heavy (non-hydrogen) atoms. The minimum absolute atomic E-state index is 0.556. The van der Waals surface area contributed by atoms with Gasteiger partial charge in [0.05, 0.1) is 0 Å². The minimum atomic E-state index is -3.18. The van der Waals surface area contributed by atoms with Crippen LogP contribution in [0.25, 0.3) is 0 Å². The van der Waals surface area contributed by atoms with Crippen molar-refractivity contribution in [3.63, 3.8) is 0 Å². The van der Waals surface area contributed by atoms with Crippen molar-refractivity contribution >= 4 is 0 Å². The zero-order valence-electron chi connectivity index (χ0n) is 9.40. The average molecular weight is 243 g/mol. The van der Waals surface area contributed by atoms with E-state index in [1.54, 1.807) is 0 Å². The van der Waals surface area contributed by atoms with Crippen LogP contribution in [0.15, 0.2) is 0 Å². The molecule has 10 fully saturated rings. The van der Waals surface area contributed by atoms with E-state index in [1.807, 2.05) is 0 Å². The second-order valence-corrected chi connectivity index (χ2v) is 34.4. The molecule has 1 spiro atoms. The van der Waals surface area contributed by atoms with Crippen molar-refractivity contribution in [2.75, 3.05) is 0 Å². The molecule has 5 atom stereocenters. The summed E-state index contributed by atoms with van der Waals surface area (Å²) in [5.74, 6) is 0. The summed E-state index contributed by atoms with van der Waals surface area (Å²) in [4.78, 5) is 7.88. The van der Waals surface area contributed by atoms with E-state index in [2.05, 4.69) is 20.8 Å². The summed E-state index contributed by atoms with van der Waals surface area (Å²) >= 11 is 0. The van der Waals surface area contributed by atoms with Crippen molar-refractivity contribution in [3.05, 3.63) is 0 Å². The van der Waals surface area contributed by atoms with Crippen LogP contribution in [-0.2, 0) is 6.51 Å². The Morgan fingerprint density at radius 2 is 1.33 bits per heavy atom. The molecule has 2 heteroatoms. The Morgan fingerprint density at radius 1 is 0.867 bits per heavy atom. The van der Waals surface area contributed by atoms with Crippen LogP contribution < -0.4 is 5.73 Å². The van der Waals surface area contributed by atoms with Crippen molar-refractivity contribution in [2.24, 2.45) is 5.73 Å².